The number of unbranched alkanes of at least 4 members (excludes halogenated alkanes) is 18. The molecule has 60 heavy (non-hydrogen) atoms. The summed E-state index contributed by atoms with van der Waals surface area (Å²) in [4.78, 5) is -8.37. The second-order valence-corrected chi connectivity index (χ2v) is 28.5. The smallest absolute Gasteiger partial charge is 0.181 e. The van der Waals surface area contributed by atoms with Gasteiger partial charge in [-0.1, -0.05) is 157 Å². The molecule has 0 radical (unpaired) electrons. The molecule has 1 aromatic carbocycles. The van der Waals surface area contributed by atoms with Crippen LogP contribution in [0.2, 0.25) is 0 Å². The fraction of sp³-hybridized carbons (Fsp3) is 0.857. The van der Waals surface area contributed by atoms with Gasteiger partial charge in [0.25, 0.3) is 0 Å². The van der Waals surface area contributed by atoms with Gasteiger partial charge in [-0.25, -0.2) is 50.5 Å². The second kappa shape index (κ2) is 27.3. The Morgan fingerprint density at radius 3 is 0.417 bits per heavy atom. The molecular formula is C42H78O12S6. The van der Waals surface area contributed by atoms with Gasteiger partial charge in [0.1, 0.15) is 29.4 Å². The maximum absolute atomic E-state index is 15.0. The third-order valence-electron chi connectivity index (χ3n) is 10.7. The van der Waals surface area contributed by atoms with Crippen LogP contribution in [0.1, 0.15) is 196 Å². The lowest BCUT2D eigenvalue weighted by Crippen LogP contribution is -2.30. The van der Waals surface area contributed by atoms with Crippen molar-refractivity contribution >= 4 is 59.0 Å². The molecule has 0 bridgehead atoms. The lowest BCUT2D eigenvalue weighted by Gasteiger charge is -2.26. The van der Waals surface area contributed by atoms with Gasteiger partial charge in [0.2, 0.25) is 0 Å². The molecule has 0 aliphatic rings. The van der Waals surface area contributed by atoms with E-state index in [1.807, 2.05) is 41.5 Å². The van der Waals surface area contributed by atoms with Gasteiger partial charge in [0, 0.05) is 0 Å². The van der Waals surface area contributed by atoms with Crippen LogP contribution in [-0.2, 0) is 59.0 Å². The van der Waals surface area contributed by atoms with E-state index in [0.717, 1.165) is 0 Å². The van der Waals surface area contributed by atoms with Crippen molar-refractivity contribution < 1.29 is 50.5 Å². The van der Waals surface area contributed by atoms with E-state index in [2.05, 4.69) is 0 Å². The quantitative estimate of drug-likeness (QED) is 0.0577. The summed E-state index contributed by atoms with van der Waals surface area (Å²) >= 11 is 0. The van der Waals surface area contributed by atoms with Crippen LogP contribution >= 0.6 is 0 Å². The Morgan fingerprint density at radius 1 is 0.200 bits per heavy atom. The summed E-state index contributed by atoms with van der Waals surface area (Å²) in [6.07, 6.45) is 9.45. The summed E-state index contributed by atoms with van der Waals surface area (Å²) in [5.41, 5.74) is 0. The molecule has 354 valence electrons. The minimum absolute atomic E-state index is 0.0577. The first-order chi connectivity index (χ1) is 28.1. The minimum atomic E-state index is -5.13. The highest BCUT2D eigenvalue weighted by atomic mass is 32.2. The van der Waals surface area contributed by atoms with Gasteiger partial charge in [-0.05, 0) is 38.5 Å². The number of rotatable bonds is 36. The number of hydrogen-bond acceptors (Lipinski definition) is 12. The van der Waals surface area contributed by atoms with Crippen LogP contribution in [-0.4, -0.2) is 85.0 Å². The van der Waals surface area contributed by atoms with Crippen molar-refractivity contribution in [2.75, 3.05) is 34.5 Å². The monoisotopic (exact) mass is 966 g/mol. The Hall–Kier alpha value is -1.08. The average molecular weight is 967 g/mol. The Bertz CT molecular complexity index is 1710. The first-order valence-corrected chi connectivity index (χ1v) is 32.6. The van der Waals surface area contributed by atoms with E-state index in [0.29, 0.717) is 116 Å². The highest BCUT2D eigenvalue weighted by Gasteiger charge is 2.49. The van der Waals surface area contributed by atoms with Gasteiger partial charge >= 0.3 is 0 Å². The lowest BCUT2D eigenvalue weighted by atomic mass is 10.2. The molecule has 0 spiro atoms. The molecule has 0 aromatic heterocycles. The predicted octanol–water partition coefficient (Wildman–Crippen LogP) is 9.81. The van der Waals surface area contributed by atoms with Crippen molar-refractivity contribution in [3.05, 3.63) is 0 Å². The summed E-state index contributed by atoms with van der Waals surface area (Å²) in [5, 5.41) is 0. The van der Waals surface area contributed by atoms with Crippen molar-refractivity contribution in [1.29, 1.82) is 0 Å². The molecular weight excluding hydrogens is 889 g/mol. The summed E-state index contributed by atoms with van der Waals surface area (Å²) in [7, 11) is -30.8. The highest BCUT2D eigenvalue weighted by Crippen LogP contribution is 2.47. The van der Waals surface area contributed by atoms with Gasteiger partial charge in [0.05, 0.1) is 34.5 Å². The number of benzene rings is 1. The van der Waals surface area contributed by atoms with Gasteiger partial charge < -0.3 is 0 Å². The summed E-state index contributed by atoms with van der Waals surface area (Å²) in [6, 6.07) is 0. The van der Waals surface area contributed by atoms with Crippen molar-refractivity contribution in [3.63, 3.8) is 0 Å². The van der Waals surface area contributed by atoms with Crippen molar-refractivity contribution in [2.24, 2.45) is 0 Å². The third kappa shape index (κ3) is 17.5. The number of hydrogen-bond donors (Lipinski definition) is 0. The van der Waals surface area contributed by atoms with Crippen LogP contribution in [0.3, 0.4) is 0 Å². The molecule has 0 unspecified atom stereocenters. The van der Waals surface area contributed by atoms with Crippen LogP contribution in [0, 0.1) is 0 Å². The molecule has 0 atom stereocenters. The molecule has 1 aromatic rings. The van der Waals surface area contributed by atoms with Gasteiger partial charge in [-0.2, -0.15) is 0 Å². The lowest BCUT2D eigenvalue weighted by molar-refractivity contribution is 0.534. The van der Waals surface area contributed by atoms with Gasteiger partial charge in [-0.3, -0.25) is 0 Å². The Balaban J connectivity index is 5.16. The maximum Gasteiger partial charge on any atom is 0.181 e. The molecule has 0 amide bonds. The molecule has 0 fully saturated rings. The Morgan fingerprint density at radius 2 is 0.317 bits per heavy atom. The molecule has 0 aliphatic heterocycles. The molecule has 0 saturated heterocycles. The zero-order valence-corrected chi connectivity index (χ0v) is 42.5. The largest absolute Gasteiger partial charge is 0.224 e. The SMILES string of the molecule is CCCCCCS(=O)(=O)c1c(S(=O)(=O)CCCCCC)c(S(=O)(=O)CCCCCC)c(S(=O)(=O)CCCCCC)c(S(=O)(=O)CCCCCC)c1S(=O)(=O)CCCCCC. The van der Waals surface area contributed by atoms with Crippen molar-refractivity contribution in [2.45, 2.75) is 225 Å². The molecule has 0 N–H and O–H groups in total. The van der Waals surface area contributed by atoms with E-state index < -0.39 is 123 Å². The molecule has 0 aliphatic carbocycles. The summed E-state index contributed by atoms with van der Waals surface area (Å²) in [5.74, 6) is -4.84. The second-order valence-electron chi connectivity index (χ2n) is 16.3. The standard InChI is InChI=1S/C42H78O12S6/c1-7-13-19-25-31-55(43,44)37-38(56(45,46)32-26-20-14-8-2)40(58(49,50)34-28-22-16-10-4)42(60(53,54)36-30-24-18-12-6)41(59(51,52)35-29-23-17-11-5)39(37)57(47,48)33-27-21-15-9-3/h7-36H2,1-6H3. The Kier molecular flexibility index (Phi) is 25.9. The first-order valence-electron chi connectivity index (χ1n) is 22.7. The van der Waals surface area contributed by atoms with Crippen molar-refractivity contribution in [3.8, 4) is 0 Å². The Labute approximate surface area is 366 Å². The zero-order chi connectivity index (χ0) is 45.7. The normalized spacial score (nSPS) is 13.3. The van der Waals surface area contributed by atoms with E-state index in [1.165, 1.54) is 0 Å². The van der Waals surface area contributed by atoms with E-state index in [4.69, 9.17) is 0 Å². The molecule has 1 rings (SSSR count). The average Bonchev–Trinajstić information content (AvgIpc) is 3.17. The number of sulfone groups is 6. The van der Waals surface area contributed by atoms with E-state index >= 15 is 0 Å². The summed E-state index contributed by atoms with van der Waals surface area (Å²) < 4.78 is 180. The molecule has 18 heteroatoms. The third-order valence-corrected chi connectivity index (χ3v) is 22.6. The van der Waals surface area contributed by atoms with Crippen molar-refractivity contribution in [1.82, 2.24) is 0 Å². The maximum atomic E-state index is 15.0. The van der Waals surface area contributed by atoms with Crippen LogP contribution in [0.15, 0.2) is 29.4 Å². The molecule has 0 heterocycles. The van der Waals surface area contributed by atoms with E-state index in [-0.39, 0.29) is 38.5 Å². The van der Waals surface area contributed by atoms with Crippen LogP contribution < -0.4 is 0 Å². The van der Waals surface area contributed by atoms with Crippen LogP contribution in [0.4, 0.5) is 0 Å². The first kappa shape index (κ1) is 56.9. The minimum Gasteiger partial charge on any atom is -0.224 e. The highest BCUT2D eigenvalue weighted by molar-refractivity contribution is 7.99. The van der Waals surface area contributed by atoms with Crippen LogP contribution in [0.25, 0.3) is 0 Å². The zero-order valence-electron chi connectivity index (χ0n) is 37.6. The van der Waals surface area contributed by atoms with E-state index in [1.54, 1.807) is 0 Å². The fourth-order valence-corrected chi connectivity index (χ4v) is 21.5. The molecule has 12 nitrogen and oxygen atoms in total. The predicted molar refractivity (Wildman–Crippen MR) is 244 cm³/mol. The molecule has 0 saturated carbocycles. The van der Waals surface area contributed by atoms with E-state index in [9.17, 15) is 50.5 Å². The van der Waals surface area contributed by atoms with Gasteiger partial charge in [0.15, 0.2) is 59.0 Å². The fourth-order valence-electron chi connectivity index (χ4n) is 7.24. The topological polar surface area (TPSA) is 205 Å². The van der Waals surface area contributed by atoms with Gasteiger partial charge in [-0.15, -0.1) is 0 Å². The summed E-state index contributed by atoms with van der Waals surface area (Å²) in [6.45, 7) is 11.3. The van der Waals surface area contributed by atoms with Crippen LogP contribution in [0.5, 0.6) is 0 Å².